The molecule has 0 aliphatic heterocycles. The summed E-state index contributed by atoms with van der Waals surface area (Å²) in [6.45, 7) is 0. The van der Waals surface area contributed by atoms with Crippen molar-refractivity contribution in [1.82, 2.24) is 9.97 Å². The highest BCUT2D eigenvalue weighted by Gasteiger charge is 2.24. The van der Waals surface area contributed by atoms with Gasteiger partial charge in [0, 0.05) is 28.5 Å². The van der Waals surface area contributed by atoms with Crippen molar-refractivity contribution in [2.75, 3.05) is 10.6 Å². The lowest BCUT2D eigenvalue weighted by atomic mass is 10.0. The van der Waals surface area contributed by atoms with Gasteiger partial charge in [-0.05, 0) is 61.2 Å². The molecule has 6 heteroatoms. The minimum absolute atomic E-state index is 0.181. The van der Waals surface area contributed by atoms with E-state index in [1.807, 2.05) is 24.3 Å². The molecule has 1 aliphatic rings. The molecule has 6 nitrogen and oxygen atoms in total. The molecule has 5 rings (SSSR count). The van der Waals surface area contributed by atoms with Crippen LogP contribution in [0.25, 0.3) is 10.9 Å². The molecular weight excluding hydrogens is 388 g/mol. The van der Waals surface area contributed by atoms with Gasteiger partial charge in [0.25, 0.3) is 11.8 Å². The monoisotopic (exact) mass is 408 g/mol. The van der Waals surface area contributed by atoms with Gasteiger partial charge in [-0.15, -0.1) is 0 Å². The summed E-state index contributed by atoms with van der Waals surface area (Å²) < 4.78 is 0. The van der Waals surface area contributed by atoms with Gasteiger partial charge in [-0.3, -0.25) is 14.6 Å². The summed E-state index contributed by atoms with van der Waals surface area (Å²) in [6.07, 6.45) is 4.36. The average molecular weight is 408 g/mol. The van der Waals surface area contributed by atoms with Crippen LogP contribution in [0.2, 0.25) is 0 Å². The molecule has 0 spiro atoms. The first-order valence-corrected chi connectivity index (χ1v) is 10.2. The van der Waals surface area contributed by atoms with Crippen molar-refractivity contribution in [3.8, 4) is 0 Å². The Kier molecular flexibility index (Phi) is 4.88. The number of benzene rings is 2. The molecule has 2 N–H and O–H groups in total. The van der Waals surface area contributed by atoms with Gasteiger partial charge in [-0.25, -0.2) is 4.98 Å². The number of carbonyl (C=O) groups is 2. The zero-order chi connectivity index (χ0) is 21.2. The second-order valence-corrected chi connectivity index (χ2v) is 7.49. The lowest BCUT2D eigenvalue weighted by Gasteiger charge is -2.13. The van der Waals surface area contributed by atoms with Crippen LogP contribution in [-0.4, -0.2) is 21.8 Å². The summed E-state index contributed by atoms with van der Waals surface area (Å²) >= 11 is 0. The number of anilines is 2. The molecule has 2 aromatic heterocycles. The summed E-state index contributed by atoms with van der Waals surface area (Å²) in [6, 6.07) is 19.9. The number of hydrogen-bond acceptors (Lipinski definition) is 4. The van der Waals surface area contributed by atoms with Gasteiger partial charge in [0.1, 0.15) is 5.82 Å². The second-order valence-electron chi connectivity index (χ2n) is 7.49. The maximum Gasteiger partial charge on any atom is 0.256 e. The number of fused-ring (bicyclic) bond motifs is 2. The first-order chi connectivity index (χ1) is 15.2. The molecule has 4 aromatic rings. The van der Waals surface area contributed by atoms with E-state index in [2.05, 4.69) is 15.6 Å². The van der Waals surface area contributed by atoms with Gasteiger partial charge in [0.2, 0.25) is 0 Å². The largest absolute Gasteiger partial charge is 0.322 e. The van der Waals surface area contributed by atoms with Crippen molar-refractivity contribution < 1.29 is 9.59 Å². The van der Waals surface area contributed by atoms with Crippen molar-refractivity contribution in [3.05, 3.63) is 95.3 Å². The van der Waals surface area contributed by atoms with Crippen LogP contribution in [-0.2, 0) is 12.8 Å². The Hall–Kier alpha value is -4.06. The molecule has 0 unspecified atom stereocenters. The van der Waals surface area contributed by atoms with Crippen LogP contribution < -0.4 is 10.6 Å². The van der Waals surface area contributed by atoms with Crippen LogP contribution in [0.15, 0.2) is 72.9 Å². The van der Waals surface area contributed by atoms with Crippen LogP contribution in [0.1, 0.15) is 38.4 Å². The molecular formula is C25H20N4O2. The van der Waals surface area contributed by atoms with Crippen molar-refractivity contribution in [1.29, 1.82) is 0 Å². The molecule has 31 heavy (non-hydrogen) atoms. The second kappa shape index (κ2) is 7.99. The number of aryl methyl sites for hydroxylation is 1. The van der Waals surface area contributed by atoms with E-state index in [1.165, 1.54) is 0 Å². The number of hydrogen-bond donors (Lipinski definition) is 2. The molecule has 0 atom stereocenters. The van der Waals surface area contributed by atoms with E-state index in [4.69, 9.17) is 4.98 Å². The number of rotatable bonds is 4. The Morgan fingerprint density at radius 1 is 0.839 bits per heavy atom. The standard InChI is InChI=1S/C25H20N4O2/c30-24(29-22-13-3-4-14-26-22)16-7-5-8-17(15-16)27-25(31)23-18-9-1-2-11-20(18)28-21-12-6-10-19(21)23/h1-5,7-9,11,13-15H,6,10,12H2,(H,27,31)(H,26,29,30). The van der Waals surface area contributed by atoms with Gasteiger partial charge >= 0.3 is 0 Å². The van der Waals surface area contributed by atoms with Gasteiger partial charge in [-0.1, -0.05) is 30.3 Å². The fourth-order valence-electron chi connectivity index (χ4n) is 4.03. The van der Waals surface area contributed by atoms with Crippen LogP contribution in [0.3, 0.4) is 0 Å². The van der Waals surface area contributed by atoms with E-state index in [1.54, 1.807) is 48.7 Å². The van der Waals surface area contributed by atoms with Crippen LogP contribution >= 0.6 is 0 Å². The fraction of sp³-hybridized carbons (Fsp3) is 0.120. The predicted octanol–water partition coefficient (Wildman–Crippen LogP) is 4.62. The summed E-state index contributed by atoms with van der Waals surface area (Å²) in [5, 5.41) is 6.59. The first-order valence-electron chi connectivity index (χ1n) is 10.2. The summed E-state index contributed by atoms with van der Waals surface area (Å²) in [5.41, 5.74) is 4.55. The van der Waals surface area contributed by atoms with Gasteiger partial charge in [-0.2, -0.15) is 0 Å². The number of pyridine rings is 2. The normalized spacial score (nSPS) is 12.4. The quantitative estimate of drug-likeness (QED) is 0.516. The van der Waals surface area contributed by atoms with E-state index in [-0.39, 0.29) is 11.8 Å². The zero-order valence-corrected chi connectivity index (χ0v) is 16.8. The third-order valence-electron chi connectivity index (χ3n) is 5.44. The van der Waals surface area contributed by atoms with Gasteiger partial charge in [0.15, 0.2) is 0 Å². The number of aromatic nitrogens is 2. The molecule has 2 aromatic carbocycles. The Morgan fingerprint density at radius 3 is 2.58 bits per heavy atom. The summed E-state index contributed by atoms with van der Waals surface area (Å²) in [7, 11) is 0. The number of amides is 2. The molecule has 1 aliphatic carbocycles. The topological polar surface area (TPSA) is 84.0 Å². The predicted molar refractivity (Wildman–Crippen MR) is 120 cm³/mol. The Morgan fingerprint density at radius 2 is 1.71 bits per heavy atom. The van der Waals surface area contributed by atoms with Crippen molar-refractivity contribution in [3.63, 3.8) is 0 Å². The number of para-hydroxylation sites is 1. The molecule has 2 heterocycles. The van der Waals surface area contributed by atoms with E-state index < -0.39 is 0 Å². The Bertz CT molecular complexity index is 1300. The number of nitrogens with one attached hydrogen (secondary N) is 2. The average Bonchev–Trinajstić information content (AvgIpc) is 3.26. The van der Waals surface area contributed by atoms with Crippen molar-refractivity contribution in [2.45, 2.75) is 19.3 Å². The minimum Gasteiger partial charge on any atom is -0.322 e. The first kappa shape index (κ1) is 18.9. The van der Waals surface area contributed by atoms with Crippen LogP contribution in [0.4, 0.5) is 11.5 Å². The van der Waals surface area contributed by atoms with E-state index in [9.17, 15) is 9.59 Å². The van der Waals surface area contributed by atoms with Gasteiger partial charge < -0.3 is 10.6 Å². The highest BCUT2D eigenvalue weighted by atomic mass is 16.2. The lowest BCUT2D eigenvalue weighted by Crippen LogP contribution is -2.17. The molecule has 152 valence electrons. The molecule has 0 bridgehead atoms. The zero-order valence-electron chi connectivity index (χ0n) is 16.8. The molecule has 2 amide bonds. The third-order valence-corrected chi connectivity index (χ3v) is 5.44. The lowest BCUT2D eigenvalue weighted by molar-refractivity contribution is 0.101. The SMILES string of the molecule is O=C(Nc1ccccn1)c1cccc(NC(=O)c2c3c(nc4ccccc24)CCC3)c1. The number of carbonyl (C=O) groups excluding carboxylic acids is 2. The molecule has 0 saturated carbocycles. The molecule has 0 saturated heterocycles. The summed E-state index contributed by atoms with van der Waals surface area (Å²) in [4.78, 5) is 34.7. The Labute approximate surface area is 179 Å². The van der Waals surface area contributed by atoms with Gasteiger partial charge in [0.05, 0.1) is 11.1 Å². The van der Waals surface area contributed by atoms with E-state index in [0.717, 1.165) is 41.4 Å². The fourth-order valence-corrected chi connectivity index (χ4v) is 4.03. The maximum absolute atomic E-state index is 13.3. The smallest absolute Gasteiger partial charge is 0.256 e. The Balaban J connectivity index is 1.43. The number of nitrogens with zero attached hydrogens (tertiary/aromatic N) is 2. The van der Waals surface area contributed by atoms with Crippen molar-refractivity contribution >= 4 is 34.2 Å². The summed E-state index contributed by atoms with van der Waals surface area (Å²) in [5.74, 6) is 0.00448. The highest BCUT2D eigenvalue weighted by Crippen LogP contribution is 2.30. The van der Waals surface area contributed by atoms with Crippen molar-refractivity contribution in [2.24, 2.45) is 0 Å². The molecule has 0 fully saturated rings. The highest BCUT2D eigenvalue weighted by molar-refractivity contribution is 6.14. The van der Waals surface area contributed by atoms with Crippen LogP contribution in [0, 0.1) is 0 Å². The molecule has 0 radical (unpaired) electrons. The third kappa shape index (κ3) is 3.75. The maximum atomic E-state index is 13.3. The minimum atomic E-state index is -0.287. The van der Waals surface area contributed by atoms with E-state index >= 15 is 0 Å². The van der Waals surface area contributed by atoms with E-state index in [0.29, 0.717) is 22.6 Å². The van der Waals surface area contributed by atoms with Crippen LogP contribution in [0.5, 0.6) is 0 Å².